The topological polar surface area (TPSA) is 46.3 Å². The lowest BCUT2D eigenvalue weighted by Gasteiger charge is -2.37. The minimum Gasteiger partial charge on any atom is -0.342 e. The predicted octanol–water partition coefficient (Wildman–Crippen LogP) is 2.33. The zero-order valence-electron chi connectivity index (χ0n) is 10.8. The summed E-state index contributed by atoms with van der Waals surface area (Å²) in [4.78, 5) is 14.6. The molecule has 1 saturated carbocycles. The molecule has 4 heteroatoms. The van der Waals surface area contributed by atoms with Crippen molar-refractivity contribution in [2.24, 2.45) is 11.1 Å². The van der Waals surface area contributed by atoms with Gasteiger partial charge in [-0.1, -0.05) is 19.8 Å². The van der Waals surface area contributed by atoms with Crippen LogP contribution in [0.4, 0.5) is 0 Å². The maximum absolute atomic E-state index is 12.5. The molecule has 3 nitrogen and oxygen atoms in total. The van der Waals surface area contributed by atoms with Gasteiger partial charge in [0.05, 0.1) is 0 Å². The molecule has 0 bridgehead atoms. The van der Waals surface area contributed by atoms with Gasteiger partial charge in [0.15, 0.2) is 0 Å². The summed E-state index contributed by atoms with van der Waals surface area (Å²) < 4.78 is 0. The third-order valence-corrected chi connectivity index (χ3v) is 4.52. The molecule has 0 aromatic rings. The smallest absolute Gasteiger partial charge is 0.228 e. The number of likely N-dealkylation sites (tertiary alicyclic amines) is 1. The van der Waals surface area contributed by atoms with Gasteiger partial charge < -0.3 is 10.6 Å². The molecular weight excluding hydrogens is 236 g/mol. The van der Waals surface area contributed by atoms with Crippen LogP contribution in [-0.4, -0.2) is 29.9 Å². The quantitative estimate of drug-likeness (QED) is 0.828. The molecule has 2 N–H and O–H groups in total. The molecule has 100 valence electrons. The number of carbonyl (C=O) groups is 1. The van der Waals surface area contributed by atoms with Crippen LogP contribution in [0.15, 0.2) is 0 Å². The summed E-state index contributed by atoms with van der Waals surface area (Å²) in [6, 6.07) is 0.310. The number of rotatable bonds is 2. The summed E-state index contributed by atoms with van der Waals surface area (Å²) in [5.41, 5.74) is 5.87. The lowest BCUT2D eigenvalue weighted by atomic mass is 9.81. The van der Waals surface area contributed by atoms with Gasteiger partial charge in [0.1, 0.15) is 0 Å². The van der Waals surface area contributed by atoms with Crippen molar-refractivity contribution in [1.82, 2.24) is 4.90 Å². The normalized spacial score (nSPS) is 24.5. The molecule has 17 heavy (non-hydrogen) atoms. The van der Waals surface area contributed by atoms with E-state index >= 15 is 0 Å². The second-order valence-electron chi connectivity index (χ2n) is 5.47. The number of piperidine rings is 1. The van der Waals surface area contributed by atoms with Gasteiger partial charge in [0, 0.05) is 24.5 Å². The van der Waals surface area contributed by atoms with Crippen LogP contribution in [0.3, 0.4) is 0 Å². The van der Waals surface area contributed by atoms with E-state index in [9.17, 15) is 4.79 Å². The van der Waals surface area contributed by atoms with Crippen LogP contribution in [0.25, 0.3) is 0 Å². The fourth-order valence-electron chi connectivity index (χ4n) is 3.21. The number of hydrogen-bond donors (Lipinski definition) is 1. The number of hydrogen-bond acceptors (Lipinski definition) is 2. The zero-order chi connectivity index (χ0) is 11.6. The zero-order valence-corrected chi connectivity index (χ0v) is 11.6. The van der Waals surface area contributed by atoms with Gasteiger partial charge in [-0.2, -0.15) is 0 Å². The summed E-state index contributed by atoms with van der Waals surface area (Å²) in [5, 5.41) is 0. The Bertz CT molecular complexity index is 256. The highest BCUT2D eigenvalue weighted by molar-refractivity contribution is 5.85. The molecular formula is C13H25ClN2O. The fourth-order valence-corrected chi connectivity index (χ4v) is 3.21. The van der Waals surface area contributed by atoms with Crippen molar-refractivity contribution in [2.75, 3.05) is 13.1 Å². The Labute approximate surface area is 111 Å². The van der Waals surface area contributed by atoms with E-state index in [1.54, 1.807) is 0 Å². The molecule has 0 atom stereocenters. The minimum atomic E-state index is -0.0125. The van der Waals surface area contributed by atoms with Crippen LogP contribution in [0.2, 0.25) is 0 Å². The standard InChI is InChI=1S/C13H24N2O.ClH/c1-2-13(7-3-4-8-13)12(16)15-9-5-11(14)6-10-15;/h11H,2-10,14H2,1H3;1H. The summed E-state index contributed by atoms with van der Waals surface area (Å²) >= 11 is 0. The number of amides is 1. The monoisotopic (exact) mass is 260 g/mol. The number of halogens is 1. The van der Waals surface area contributed by atoms with Gasteiger partial charge in [0.25, 0.3) is 0 Å². The SMILES string of the molecule is CCC1(C(=O)N2CCC(N)CC2)CCCC1.Cl. The summed E-state index contributed by atoms with van der Waals surface area (Å²) in [5.74, 6) is 0.416. The Morgan fingerprint density at radius 3 is 2.29 bits per heavy atom. The highest BCUT2D eigenvalue weighted by atomic mass is 35.5. The van der Waals surface area contributed by atoms with E-state index in [0.717, 1.165) is 45.2 Å². The van der Waals surface area contributed by atoms with Crippen molar-refractivity contribution in [3.8, 4) is 0 Å². The Hall–Kier alpha value is -0.280. The lowest BCUT2D eigenvalue weighted by molar-refractivity contribution is -0.143. The van der Waals surface area contributed by atoms with E-state index in [2.05, 4.69) is 11.8 Å². The summed E-state index contributed by atoms with van der Waals surface area (Å²) in [7, 11) is 0. The Morgan fingerprint density at radius 1 is 1.29 bits per heavy atom. The van der Waals surface area contributed by atoms with Crippen molar-refractivity contribution in [3.05, 3.63) is 0 Å². The first-order chi connectivity index (χ1) is 7.68. The van der Waals surface area contributed by atoms with Crippen molar-refractivity contribution in [1.29, 1.82) is 0 Å². The average Bonchev–Trinajstić information content (AvgIpc) is 2.79. The van der Waals surface area contributed by atoms with Crippen LogP contribution < -0.4 is 5.73 Å². The van der Waals surface area contributed by atoms with Crippen LogP contribution in [-0.2, 0) is 4.79 Å². The molecule has 1 amide bonds. The summed E-state index contributed by atoms with van der Waals surface area (Å²) in [6.07, 6.45) is 7.63. The molecule has 1 aliphatic carbocycles. The van der Waals surface area contributed by atoms with Crippen molar-refractivity contribution < 1.29 is 4.79 Å². The van der Waals surface area contributed by atoms with E-state index in [1.807, 2.05) is 0 Å². The van der Waals surface area contributed by atoms with Gasteiger partial charge >= 0.3 is 0 Å². The van der Waals surface area contributed by atoms with Crippen LogP contribution in [0, 0.1) is 5.41 Å². The highest BCUT2D eigenvalue weighted by Gasteiger charge is 2.42. The Balaban J connectivity index is 0.00000144. The fraction of sp³-hybridized carbons (Fsp3) is 0.923. The second-order valence-corrected chi connectivity index (χ2v) is 5.47. The summed E-state index contributed by atoms with van der Waals surface area (Å²) in [6.45, 7) is 3.92. The first-order valence-corrected chi connectivity index (χ1v) is 6.73. The van der Waals surface area contributed by atoms with Gasteiger partial charge in [-0.25, -0.2) is 0 Å². The molecule has 0 aromatic carbocycles. The minimum absolute atomic E-state index is 0. The first kappa shape index (κ1) is 14.8. The van der Waals surface area contributed by atoms with E-state index in [0.29, 0.717) is 11.9 Å². The van der Waals surface area contributed by atoms with E-state index in [4.69, 9.17) is 5.73 Å². The van der Waals surface area contributed by atoms with E-state index in [1.165, 1.54) is 12.8 Å². The number of carbonyl (C=O) groups excluding carboxylic acids is 1. The van der Waals surface area contributed by atoms with Crippen molar-refractivity contribution >= 4 is 18.3 Å². The van der Waals surface area contributed by atoms with E-state index in [-0.39, 0.29) is 17.8 Å². The largest absolute Gasteiger partial charge is 0.342 e. The molecule has 2 aliphatic rings. The molecule has 0 unspecified atom stereocenters. The molecule has 0 aromatic heterocycles. The van der Waals surface area contributed by atoms with E-state index < -0.39 is 0 Å². The van der Waals surface area contributed by atoms with Gasteiger partial charge in [-0.15, -0.1) is 12.4 Å². The van der Waals surface area contributed by atoms with Crippen LogP contribution >= 0.6 is 12.4 Å². The van der Waals surface area contributed by atoms with Crippen LogP contribution in [0.5, 0.6) is 0 Å². The number of nitrogens with zero attached hydrogens (tertiary/aromatic N) is 1. The van der Waals surface area contributed by atoms with Crippen molar-refractivity contribution in [2.45, 2.75) is 57.9 Å². The molecule has 1 saturated heterocycles. The maximum atomic E-state index is 12.5. The molecule has 1 aliphatic heterocycles. The van der Waals surface area contributed by atoms with Gasteiger partial charge in [-0.3, -0.25) is 4.79 Å². The molecule has 2 fully saturated rings. The predicted molar refractivity (Wildman–Crippen MR) is 72.2 cm³/mol. The molecule has 0 spiro atoms. The van der Waals surface area contributed by atoms with Crippen LogP contribution in [0.1, 0.15) is 51.9 Å². The van der Waals surface area contributed by atoms with Crippen molar-refractivity contribution in [3.63, 3.8) is 0 Å². The first-order valence-electron chi connectivity index (χ1n) is 6.73. The Kier molecular flexibility index (Phi) is 5.26. The van der Waals surface area contributed by atoms with Gasteiger partial charge in [-0.05, 0) is 32.1 Å². The third kappa shape index (κ3) is 2.94. The average molecular weight is 261 g/mol. The Morgan fingerprint density at radius 2 is 1.82 bits per heavy atom. The highest BCUT2D eigenvalue weighted by Crippen LogP contribution is 2.42. The van der Waals surface area contributed by atoms with Gasteiger partial charge in [0.2, 0.25) is 5.91 Å². The maximum Gasteiger partial charge on any atom is 0.228 e. The molecule has 0 radical (unpaired) electrons. The third-order valence-electron chi connectivity index (χ3n) is 4.52. The second kappa shape index (κ2) is 6.05. The molecule has 2 rings (SSSR count). The molecule has 1 heterocycles. The number of nitrogens with two attached hydrogens (primary N) is 1. The lowest BCUT2D eigenvalue weighted by Crippen LogP contribution is -2.48.